The molecule has 1 aliphatic heterocycles. The molecule has 0 unspecified atom stereocenters. The van der Waals surface area contributed by atoms with Crippen LogP contribution in [0.4, 0.5) is 5.69 Å². The van der Waals surface area contributed by atoms with Gasteiger partial charge in [-0.25, -0.2) is 4.79 Å². The Balaban J connectivity index is 1.64. The standard InChI is InChI=1S/C20H25N3O2/c1-2-25-20(24)17-13-21-18-6-4-3-5-16(18)19(17)23-11-9-22(10-12-23)14-15-7-8-15/h3-6,13,15H,2,7-12,14H2,1H3. The molecule has 4 rings (SSSR count). The predicted octanol–water partition coefficient (Wildman–Crippen LogP) is 2.94. The normalized spacial score (nSPS) is 18.5. The van der Waals surface area contributed by atoms with Crippen LogP contribution in [-0.4, -0.2) is 55.2 Å². The molecule has 25 heavy (non-hydrogen) atoms. The van der Waals surface area contributed by atoms with Crippen LogP contribution >= 0.6 is 0 Å². The number of hydrogen-bond acceptors (Lipinski definition) is 5. The van der Waals surface area contributed by atoms with E-state index in [1.807, 2.05) is 25.1 Å². The van der Waals surface area contributed by atoms with Crippen molar-refractivity contribution in [2.45, 2.75) is 19.8 Å². The van der Waals surface area contributed by atoms with Gasteiger partial charge in [-0.3, -0.25) is 9.88 Å². The van der Waals surface area contributed by atoms with Gasteiger partial charge in [-0.1, -0.05) is 18.2 Å². The number of ether oxygens (including phenoxy) is 1. The van der Waals surface area contributed by atoms with Crippen molar-refractivity contribution in [3.05, 3.63) is 36.0 Å². The Morgan fingerprint density at radius 2 is 1.96 bits per heavy atom. The molecule has 2 fully saturated rings. The largest absolute Gasteiger partial charge is 0.462 e. The van der Waals surface area contributed by atoms with Crippen LogP contribution in [0, 0.1) is 5.92 Å². The summed E-state index contributed by atoms with van der Waals surface area (Å²) in [6.45, 7) is 7.42. The number of pyridine rings is 1. The lowest BCUT2D eigenvalue weighted by atomic mass is 10.1. The van der Waals surface area contributed by atoms with E-state index in [1.54, 1.807) is 6.20 Å². The van der Waals surface area contributed by atoms with Crippen molar-refractivity contribution in [2.24, 2.45) is 5.92 Å². The van der Waals surface area contributed by atoms with Crippen LogP contribution in [0.1, 0.15) is 30.1 Å². The van der Waals surface area contributed by atoms with Crippen LogP contribution in [0.5, 0.6) is 0 Å². The quantitative estimate of drug-likeness (QED) is 0.784. The number of carbonyl (C=O) groups is 1. The average Bonchev–Trinajstić information content (AvgIpc) is 3.46. The number of para-hydroxylation sites is 1. The van der Waals surface area contributed by atoms with Crippen LogP contribution in [0.3, 0.4) is 0 Å². The second kappa shape index (κ2) is 7.00. The zero-order chi connectivity index (χ0) is 17.2. The van der Waals surface area contributed by atoms with Crippen LogP contribution < -0.4 is 4.90 Å². The van der Waals surface area contributed by atoms with Gasteiger partial charge < -0.3 is 9.64 Å². The monoisotopic (exact) mass is 339 g/mol. The number of benzene rings is 1. The van der Waals surface area contributed by atoms with E-state index >= 15 is 0 Å². The van der Waals surface area contributed by atoms with Crippen LogP contribution in [0.15, 0.2) is 30.5 Å². The number of hydrogen-bond donors (Lipinski definition) is 0. The van der Waals surface area contributed by atoms with Crippen molar-refractivity contribution in [1.82, 2.24) is 9.88 Å². The molecular formula is C20H25N3O2. The highest BCUT2D eigenvalue weighted by molar-refractivity contribution is 6.05. The maximum absolute atomic E-state index is 12.5. The number of esters is 1. The van der Waals surface area contributed by atoms with Gasteiger partial charge in [0.2, 0.25) is 0 Å². The molecule has 2 aromatic rings. The minimum Gasteiger partial charge on any atom is -0.462 e. The highest BCUT2D eigenvalue weighted by atomic mass is 16.5. The summed E-state index contributed by atoms with van der Waals surface area (Å²) in [5, 5.41) is 1.03. The minimum atomic E-state index is -0.281. The number of carbonyl (C=O) groups excluding carboxylic acids is 1. The van der Waals surface area contributed by atoms with E-state index in [-0.39, 0.29) is 5.97 Å². The van der Waals surface area contributed by atoms with E-state index < -0.39 is 0 Å². The van der Waals surface area contributed by atoms with Gasteiger partial charge in [0.1, 0.15) is 5.56 Å². The summed E-state index contributed by atoms with van der Waals surface area (Å²) < 4.78 is 5.27. The Labute approximate surface area is 148 Å². The second-order valence-electron chi connectivity index (χ2n) is 6.99. The minimum absolute atomic E-state index is 0.281. The van der Waals surface area contributed by atoms with Crippen LogP contribution in [0.2, 0.25) is 0 Å². The third-order valence-electron chi connectivity index (χ3n) is 5.14. The number of fused-ring (bicyclic) bond motifs is 1. The Hall–Kier alpha value is -2.14. The molecule has 2 aliphatic rings. The maximum Gasteiger partial charge on any atom is 0.341 e. The fourth-order valence-corrected chi connectivity index (χ4v) is 3.65. The van der Waals surface area contributed by atoms with Crippen molar-refractivity contribution < 1.29 is 9.53 Å². The number of rotatable bonds is 5. The lowest BCUT2D eigenvalue weighted by molar-refractivity contribution is 0.0526. The summed E-state index contributed by atoms with van der Waals surface area (Å²) in [6, 6.07) is 8.04. The fraction of sp³-hybridized carbons (Fsp3) is 0.500. The van der Waals surface area contributed by atoms with Gasteiger partial charge in [0.05, 0.1) is 17.8 Å². The Kier molecular flexibility index (Phi) is 4.57. The molecule has 0 N–H and O–H groups in total. The summed E-state index contributed by atoms with van der Waals surface area (Å²) in [5.74, 6) is 0.638. The molecule has 0 bridgehead atoms. The summed E-state index contributed by atoms with van der Waals surface area (Å²) in [5.41, 5.74) is 2.48. The Morgan fingerprint density at radius 1 is 1.20 bits per heavy atom. The van der Waals surface area contributed by atoms with Crippen molar-refractivity contribution in [3.8, 4) is 0 Å². The van der Waals surface area contributed by atoms with E-state index in [0.717, 1.165) is 48.7 Å². The van der Waals surface area contributed by atoms with Crippen molar-refractivity contribution in [2.75, 3.05) is 44.2 Å². The molecule has 132 valence electrons. The molecule has 5 nitrogen and oxygen atoms in total. The highest BCUT2D eigenvalue weighted by Gasteiger charge is 2.28. The highest BCUT2D eigenvalue weighted by Crippen LogP contribution is 2.33. The van der Waals surface area contributed by atoms with Gasteiger partial charge in [0, 0.05) is 44.3 Å². The second-order valence-corrected chi connectivity index (χ2v) is 6.99. The van der Waals surface area contributed by atoms with Gasteiger partial charge >= 0.3 is 5.97 Å². The number of nitrogens with zero attached hydrogens (tertiary/aromatic N) is 3. The lowest BCUT2D eigenvalue weighted by Gasteiger charge is -2.37. The molecule has 1 aromatic heterocycles. The van der Waals surface area contributed by atoms with Crippen LogP contribution in [-0.2, 0) is 4.74 Å². The first-order valence-corrected chi connectivity index (χ1v) is 9.28. The molecule has 0 spiro atoms. The molecule has 1 saturated carbocycles. The van der Waals surface area contributed by atoms with Crippen molar-refractivity contribution in [1.29, 1.82) is 0 Å². The average molecular weight is 339 g/mol. The van der Waals surface area contributed by atoms with E-state index in [0.29, 0.717) is 12.2 Å². The van der Waals surface area contributed by atoms with Gasteiger partial charge in [-0.05, 0) is 31.7 Å². The van der Waals surface area contributed by atoms with E-state index in [4.69, 9.17) is 4.74 Å². The SMILES string of the molecule is CCOC(=O)c1cnc2ccccc2c1N1CCN(CC2CC2)CC1. The van der Waals surface area contributed by atoms with Crippen molar-refractivity contribution >= 4 is 22.6 Å². The molecule has 0 amide bonds. The van der Waals surface area contributed by atoms with E-state index in [2.05, 4.69) is 20.9 Å². The summed E-state index contributed by atoms with van der Waals surface area (Å²) in [6.07, 6.45) is 4.46. The molecule has 0 radical (unpaired) electrons. The topological polar surface area (TPSA) is 45.7 Å². The van der Waals surface area contributed by atoms with Crippen molar-refractivity contribution in [3.63, 3.8) is 0 Å². The lowest BCUT2D eigenvalue weighted by Crippen LogP contribution is -2.47. The smallest absolute Gasteiger partial charge is 0.341 e. The maximum atomic E-state index is 12.5. The summed E-state index contributed by atoms with van der Waals surface area (Å²) in [4.78, 5) is 21.8. The molecule has 1 aromatic carbocycles. The molecule has 5 heteroatoms. The number of piperazine rings is 1. The molecule has 0 atom stereocenters. The molecule has 1 aliphatic carbocycles. The first kappa shape index (κ1) is 16.3. The predicted molar refractivity (Wildman–Crippen MR) is 99.1 cm³/mol. The third-order valence-corrected chi connectivity index (χ3v) is 5.14. The third kappa shape index (κ3) is 3.47. The van der Waals surface area contributed by atoms with Crippen LogP contribution in [0.25, 0.3) is 10.9 Å². The number of aromatic nitrogens is 1. The fourth-order valence-electron chi connectivity index (χ4n) is 3.65. The van der Waals surface area contributed by atoms with Gasteiger partial charge in [0.15, 0.2) is 0 Å². The molecule has 1 saturated heterocycles. The van der Waals surface area contributed by atoms with E-state index in [1.165, 1.54) is 19.4 Å². The van der Waals surface area contributed by atoms with Gasteiger partial charge in [-0.2, -0.15) is 0 Å². The Morgan fingerprint density at radius 3 is 2.68 bits per heavy atom. The first-order valence-electron chi connectivity index (χ1n) is 9.28. The van der Waals surface area contributed by atoms with Gasteiger partial charge in [-0.15, -0.1) is 0 Å². The zero-order valence-corrected chi connectivity index (χ0v) is 14.8. The summed E-state index contributed by atoms with van der Waals surface area (Å²) in [7, 11) is 0. The Bertz CT molecular complexity index is 765. The molecule has 2 heterocycles. The summed E-state index contributed by atoms with van der Waals surface area (Å²) >= 11 is 0. The van der Waals surface area contributed by atoms with Gasteiger partial charge in [0.25, 0.3) is 0 Å². The number of anilines is 1. The molecular weight excluding hydrogens is 314 g/mol. The zero-order valence-electron chi connectivity index (χ0n) is 14.8. The first-order chi connectivity index (χ1) is 12.3. The van der Waals surface area contributed by atoms with E-state index in [9.17, 15) is 4.79 Å².